The van der Waals surface area contributed by atoms with E-state index in [0.29, 0.717) is 6.61 Å². The van der Waals surface area contributed by atoms with Crippen LogP contribution < -0.4 is 0 Å². The zero-order valence-electron chi connectivity index (χ0n) is 6.85. The molecule has 12 heavy (non-hydrogen) atoms. The van der Waals surface area contributed by atoms with Gasteiger partial charge in [-0.25, -0.2) is 4.79 Å². The van der Waals surface area contributed by atoms with E-state index < -0.39 is 0 Å². The number of carbonyl (C=O) groups excluding carboxylic acids is 1. The summed E-state index contributed by atoms with van der Waals surface area (Å²) in [4.78, 5) is 12.8. The van der Waals surface area contributed by atoms with Gasteiger partial charge in [0, 0.05) is 18.4 Å². The minimum Gasteiger partial charge on any atom is -0.450 e. The fourth-order valence-electron chi connectivity index (χ4n) is 1.07. The van der Waals surface area contributed by atoms with E-state index >= 15 is 0 Å². The van der Waals surface area contributed by atoms with Crippen LogP contribution in [0.3, 0.4) is 0 Å². The van der Waals surface area contributed by atoms with Crippen molar-refractivity contribution >= 4 is 38.0 Å². The lowest BCUT2D eigenvalue weighted by Crippen LogP contribution is -2.60. The summed E-state index contributed by atoms with van der Waals surface area (Å²) in [5.41, 5.74) is 0. The number of halogens is 2. The fourth-order valence-corrected chi connectivity index (χ4v) is 2.03. The molecule has 1 rings (SSSR count). The lowest BCUT2D eigenvalue weighted by molar-refractivity contribution is 0.0741. The van der Waals surface area contributed by atoms with Gasteiger partial charge in [-0.3, -0.25) is 0 Å². The van der Waals surface area contributed by atoms with Crippen molar-refractivity contribution in [3.8, 4) is 0 Å². The third kappa shape index (κ3) is 2.13. The van der Waals surface area contributed by atoms with Gasteiger partial charge in [0.1, 0.15) is 0 Å². The molecular formula is C7H11Br2NO2. The Morgan fingerprint density at radius 2 is 2.25 bits per heavy atom. The minimum absolute atomic E-state index is 0.0692. The zero-order chi connectivity index (χ0) is 9.19. The number of carbonyl (C=O) groups is 1. The number of hydrogen-bond acceptors (Lipinski definition) is 2. The van der Waals surface area contributed by atoms with E-state index in [1.165, 1.54) is 0 Å². The highest BCUT2D eigenvalue weighted by atomic mass is 79.9. The number of amides is 1. The van der Waals surface area contributed by atoms with Crippen molar-refractivity contribution in [2.75, 3.05) is 25.0 Å². The Bertz CT molecular complexity index is 180. The molecule has 0 spiro atoms. The Kier molecular flexibility index (Phi) is 3.40. The second-order valence-electron chi connectivity index (χ2n) is 2.84. The number of likely N-dealkylation sites (tertiary alicyclic amines) is 1. The largest absolute Gasteiger partial charge is 0.450 e. The van der Waals surface area contributed by atoms with Gasteiger partial charge in [-0.05, 0) is 6.92 Å². The Labute approximate surface area is 88.7 Å². The molecule has 0 atom stereocenters. The van der Waals surface area contributed by atoms with Crippen molar-refractivity contribution in [1.82, 2.24) is 4.90 Å². The van der Waals surface area contributed by atoms with E-state index in [9.17, 15) is 4.79 Å². The van der Waals surface area contributed by atoms with E-state index in [2.05, 4.69) is 31.9 Å². The number of nitrogens with zero attached hydrogens (tertiary/aromatic N) is 1. The molecule has 5 heteroatoms. The monoisotopic (exact) mass is 299 g/mol. The first-order chi connectivity index (χ1) is 5.61. The molecule has 0 N–H and O–H groups in total. The molecule has 0 bridgehead atoms. The molecule has 0 aromatic heterocycles. The molecule has 0 aliphatic carbocycles. The van der Waals surface area contributed by atoms with E-state index in [1.54, 1.807) is 4.90 Å². The molecule has 0 unspecified atom stereocenters. The first-order valence-corrected chi connectivity index (χ1v) is 5.69. The van der Waals surface area contributed by atoms with Crippen molar-refractivity contribution in [3.05, 3.63) is 0 Å². The van der Waals surface area contributed by atoms with E-state index in [-0.39, 0.29) is 10.4 Å². The number of rotatable bonds is 2. The van der Waals surface area contributed by atoms with Crippen LogP contribution in [-0.2, 0) is 4.74 Å². The van der Waals surface area contributed by atoms with Crippen molar-refractivity contribution < 1.29 is 9.53 Å². The number of alkyl halides is 2. The maximum atomic E-state index is 11.1. The van der Waals surface area contributed by atoms with Crippen molar-refractivity contribution in [2.45, 2.75) is 11.2 Å². The molecule has 1 aliphatic heterocycles. The first kappa shape index (κ1) is 10.3. The number of ether oxygens (including phenoxy) is 1. The van der Waals surface area contributed by atoms with Crippen LogP contribution in [-0.4, -0.2) is 40.3 Å². The lowest BCUT2D eigenvalue weighted by atomic mass is 10.0. The van der Waals surface area contributed by atoms with Gasteiger partial charge in [0.2, 0.25) is 0 Å². The topological polar surface area (TPSA) is 29.5 Å². The molecule has 0 radical (unpaired) electrons. The van der Waals surface area contributed by atoms with Crippen LogP contribution in [0.2, 0.25) is 0 Å². The van der Waals surface area contributed by atoms with Crippen LogP contribution in [0.25, 0.3) is 0 Å². The number of hydrogen-bond donors (Lipinski definition) is 0. The lowest BCUT2D eigenvalue weighted by Gasteiger charge is -2.44. The van der Waals surface area contributed by atoms with E-state index in [0.717, 1.165) is 18.4 Å². The fraction of sp³-hybridized carbons (Fsp3) is 0.857. The van der Waals surface area contributed by atoms with Crippen molar-refractivity contribution in [2.24, 2.45) is 0 Å². The average molecular weight is 301 g/mol. The third-order valence-electron chi connectivity index (χ3n) is 1.71. The highest BCUT2D eigenvalue weighted by Gasteiger charge is 2.42. The van der Waals surface area contributed by atoms with Gasteiger partial charge in [0.05, 0.1) is 10.9 Å². The first-order valence-electron chi connectivity index (χ1n) is 3.78. The second kappa shape index (κ2) is 3.96. The summed E-state index contributed by atoms with van der Waals surface area (Å²) in [5, 5.41) is 0.857. The van der Waals surface area contributed by atoms with Gasteiger partial charge in [0.25, 0.3) is 0 Å². The summed E-state index contributed by atoms with van der Waals surface area (Å²) in [7, 11) is 0. The normalized spacial score (nSPS) is 20.1. The molecule has 3 nitrogen and oxygen atoms in total. The zero-order valence-corrected chi connectivity index (χ0v) is 10.0. The van der Waals surface area contributed by atoms with Gasteiger partial charge in [0.15, 0.2) is 0 Å². The molecule has 0 aromatic rings. The molecule has 70 valence electrons. The smallest absolute Gasteiger partial charge is 0.409 e. The van der Waals surface area contributed by atoms with Gasteiger partial charge < -0.3 is 9.64 Å². The Morgan fingerprint density at radius 3 is 2.67 bits per heavy atom. The van der Waals surface area contributed by atoms with Crippen LogP contribution in [0, 0.1) is 0 Å². The molecule has 0 aromatic carbocycles. The highest BCUT2D eigenvalue weighted by molar-refractivity contribution is 9.12. The standard InChI is InChI=1S/C7H11Br2NO2/c1-2-12-6(11)10-4-7(9,3-8)5-10/h2-5H2,1H3. The summed E-state index contributed by atoms with van der Waals surface area (Å²) in [5.74, 6) is 0. The van der Waals surface area contributed by atoms with Crippen LogP contribution in [0.4, 0.5) is 4.79 Å². The van der Waals surface area contributed by atoms with Gasteiger partial charge in [-0.1, -0.05) is 31.9 Å². The van der Waals surface area contributed by atoms with Crippen molar-refractivity contribution in [3.63, 3.8) is 0 Å². The summed E-state index contributed by atoms with van der Waals surface area (Å²) in [6.45, 7) is 3.69. The molecule has 1 fully saturated rings. The summed E-state index contributed by atoms with van der Waals surface area (Å²) in [6, 6.07) is 0. The van der Waals surface area contributed by atoms with Crippen LogP contribution in [0.1, 0.15) is 6.92 Å². The van der Waals surface area contributed by atoms with Crippen molar-refractivity contribution in [1.29, 1.82) is 0 Å². The predicted octanol–water partition coefficient (Wildman–Crippen LogP) is 1.99. The summed E-state index contributed by atoms with van der Waals surface area (Å²) >= 11 is 6.90. The molecule has 1 amide bonds. The van der Waals surface area contributed by atoms with Crippen LogP contribution in [0.5, 0.6) is 0 Å². The second-order valence-corrected chi connectivity index (χ2v) is 5.08. The average Bonchev–Trinajstić information content (AvgIpc) is 1.99. The summed E-state index contributed by atoms with van der Waals surface area (Å²) < 4.78 is 4.90. The highest BCUT2D eigenvalue weighted by Crippen LogP contribution is 2.32. The Morgan fingerprint density at radius 1 is 1.67 bits per heavy atom. The van der Waals surface area contributed by atoms with E-state index in [4.69, 9.17) is 4.74 Å². The maximum absolute atomic E-state index is 11.1. The Balaban J connectivity index is 2.29. The Hall–Kier alpha value is 0.230. The minimum atomic E-state index is -0.214. The van der Waals surface area contributed by atoms with Gasteiger partial charge in [-0.15, -0.1) is 0 Å². The van der Waals surface area contributed by atoms with Crippen LogP contribution in [0.15, 0.2) is 0 Å². The quantitative estimate of drug-likeness (QED) is 0.730. The van der Waals surface area contributed by atoms with Gasteiger partial charge in [-0.2, -0.15) is 0 Å². The predicted molar refractivity (Wildman–Crippen MR) is 54.0 cm³/mol. The SMILES string of the molecule is CCOC(=O)N1CC(Br)(CBr)C1. The summed E-state index contributed by atoms with van der Waals surface area (Å²) in [6.07, 6.45) is -0.214. The van der Waals surface area contributed by atoms with E-state index in [1.807, 2.05) is 6.92 Å². The molecule has 1 heterocycles. The maximum Gasteiger partial charge on any atom is 0.409 e. The molecular weight excluding hydrogens is 290 g/mol. The van der Waals surface area contributed by atoms with Crippen LogP contribution >= 0.6 is 31.9 Å². The molecule has 0 saturated carbocycles. The third-order valence-corrected chi connectivity index (χ3v) is 4.32. The van der Waals surface area contributed by atoms with Gasteiger partial charge >= 0.3 is 6.09 Å². The molecule has 1 saturated heterocycles. The molecule has 1 aliphatic rings.